The van der Waals surface area contributed by atoms with Crippen LogP contribution in [-0.4, -0.2) is 37.2 Å². The minimum Gasteiger partial charge on any atom is -0.497 e. The molecular formula is C16H21NO5. The largest absolute Gasteiger partial charge is 0.497 e. The van der Waals surface area contributed by atoms with Crippen LogP contribution < -0.4 is 14.8 Å². The topological polar surface area (TPSA) is 84.9 Å². The molecule has 0 aliphatic heterocycles. The summed E-state index contributed by atoms with van der Waals surface area (Å²) in [4.78, 5) is 23.1. The third-order valence-corrected chi connectivity index (χ3v) is 3.99. The lowest BCUT2D eigenvalue weighted by molar-refractivity contribution is -0.141. The molecule has 1 amide bonds. The van der Waals surface area contributed by atoms with Gasteiger partial charge in [0.1, 0.15) is 11.5 Å². The number of carbonyl (C=O) groups excluding carboxylic acids is 1. The number of hydrogen-bond acceptors (Lipinski definition) is 4. The number of benzene rings is 1. The first-order chi connectivity index (χ1) is 10.5. The zero-order valence-corrected chi connectivity index (χ0v) is 12.8. The SMILES string of the molecule is COc1ccc(OC)c(CC(=O)N[C@H]2CC[C@@H](C(=O)O)C2)c1. The Morgan fingerprint density at radius 2 is 2.05 bits per heavy atom. The molecule has 0 bridgehead atoms. The summed E-state index contributed by atoms with van der Waals surface area (Å²) in [5, 5.41) is 11.9. The van der Waals surface area contributed by atoms with Gasteiger partial charge in [0.2, 0.25) is 5.91 Å². The quantitative estimate of drug-likeness (QED) is 0.834. The molecule has 22 heavy (non-hydrogen) atoms. The van der Waals surface area contributed by atoms with Gasteiger partial charge in [-0.05, 0) is 37.5 Å². The zero-order chi connectivity index (χ0) is 16.1. The molecule has 0 heterocycles. The van der Waals surface area contributed by atoms with Crippen molar-refractivity contribution < 1.29 is 24.2 Å². The van der Waals surface area contributed by atoms with E-state index in [0.717, 1.165) is 5.56 Å². The van der Waals surface area contributed by atoms with Gasteiger partial charge >= 0.3 is 5.97 Å². The van der Waals surface area contributed by atoms with Crippen LogP contribution in [0.1, 0.15) is 24.8 Å². The van der Waals surface area contributed by atoms with Gasteiger partial charge in [-0.3, -0.25) is 9.59 Å². The van der Waals surface area contributed by atoms with Crippen LogP contribution in [0.5, 0.6) is 11.5 Å². The van der Waals surface area contributed by atoms with E-state index in [-0.39, 0.29) is 24.3 Å². The number of hydrogen-bond donors (Lipinski definition) is 2. The Morgan fingerprint density at radius 1 is 1.27 bits per heavy atom. The standard InChI is InChI=1S/C16H21NO5/c1-21-13-5-6-14(22-2)11(8-13)9-15(18)17-12-4-3-10(7-12)16(19)20/h5-6,8,10,12H,3-4,7,9H2,1-2H3,(H,17,18)(H,19,20)/t10-,12+/m1/s1. The Morgan fingerprint density at radius 3 is 2.64 bits per heavy atom. The first kappa shape index (κ1) is 16.1. The van der Waals surface area contributed by atoms with E-state index in [4.69, 9.17) is 14.6 Å². The number of ether oxygens (including phenoxy) is 2. The average molecular weight is 307 g/mol. The van der Waals surface area contributed by atoms with Crippen LogP contribution in [0.3, 0.4) is 0 Å². The van der Waals surface area contributed by atoms with Crippen molar-refractivity contribution in [3.8, 4) is 11.5 Å². The molecule has 1 fully saturated rings. The lowest BCUT2D eigenvalue weighted by Crippen LogP contribution is -2.34. The van der Waals surface area contributed by atoms with Crippen molar-refractivity contribution in [1.82, 2.24) is 5.32 Å². The molecular weight excluding hydrogens is 286 g/mol. The maximum Gasteiger partial charge on any atom is 0.306 e. The highest BCUT2D eigenvalue weighted by Gasteiger charge is 2.30. The number of carbonyl (C=O) groups is 2. The molecule has 6 heteroatoms. The van der Waals surface area contributed by atoms with Gasteiger partial charge in [0, 0.05) is 11.6 Å². The second-order valence-corrected chi connectivity index (χ2v) is 5.47. The fraction of sp³-hybridized carbons (Fsp3) is 0.500. The van der Waals surface area contributed by atoms with Crippen LogP contribution in [0.25, 0.3) is 0 Å². The summed E-state index contributed by atoms with van der Waals surface area (Å²) in [6.45, 7) is 0. The molecule has 0 unspecified atom stereocenters. The molecule has 2 N–H and O–H groups in total. The van der Waals surface area contributed by atoms with E-state index >= 15 is 0 Å². The van der Waals surface area contributed by atoms with E-state index in [1.165, 1.54) is 0 Å². The second kappa shape index (κ2) is 7.15. The lowest BCUT2D eigenvalue weighted by Gasteiger charge is -2.14. The summed E-state index contributed by atoms with van der Waals surface area (Å²) in [5.41, 5.74) is 0.743. The highest BCUT2D eigenvalue weighted by molar-refractivity contribution is 5.80. The van der Waals surface area contributed by atoms with E-state index < -0.39 is 5.97 Å². The van der Waals surface area contributed by atoms with Crippen LogP contribution in [0.15, 0.2) is 18.2 Å². The van der Waals surface area contributed by atoms with Crippen molar-refractivity contribution in [1.29, 1.82) is 0 Å². The first-order valence-corrected chi connectivity index (χ1v) is 7.26. The van der Waals surface area contributed by atoms with Crippen molar-refractivity contribution in [3.63, 3.8) is 0 Å². The molecule has 2 atom stereocenters. The number of amides is 1. The minimum absolute atomic E-state index is 0.0646. The molecule has 1 aliphatic carbocycles. The zero-order valence-electron chi connectivity index (χ0n) is 12.8. The highest BCUT2D eigenvalue weighted by Crippen LogP contribution is 2.27. The third kappa shape index (κ3) is 3.90. The van der Waals surface area contributed by atoms with Crippen molar-refractivity contribution >= 4 is 11.9 Å². The Hall–Kier alpha value is -2.24. The molecule has 0 radical (unpaired) electrons. The van der Waals surface area contributed by atoms with E-state index in [1.54, 1.807) is 32.4 Å². The number of rotatable bonds is 6. The number of aliphatic carboxylic acids is 1. The normalized spacial score (nSPS) is 20.5. The molecule has 2 rings (SSSR count). The third-order valence-electron chi connectivity index (χ3n) is 3.99. The van der Waals surface area contributed by atoms with Crippen LogP contribution in [0.2, 0.25) is 0 Å². The molecule has 6 nitrogen and oxygen atoms in total. The molecule has 0 spiro atoms. The van der Waals surface area contributed by atoms with Gasteiger partial charge in [-0.25, -0.2) is 0 Å². The van der Waals surface area contributed by atoms with Crippen molar-refractivity contribution in [2.24, 2.45) is 5.92 Å². The Labute approximate surface area is 129 Å². The van der Waals surface area contributed by atoms with Crippen LogP contribution >= 0.6 is 0 Å². The van der Waals surface area contributed by atoms with Gasteiger partial charge in [0.25, 0.3) is 0 Å². The monoisotopic (exact) mass is 307 g/mol. The molecule has 0 aromatic heterocycles. The van der Waals surface area contributed by atoms with Crippen LogP contribution in [0, 0.1) is 5.92 Å². The first-order valence-electron chi connectivity index (χ1n) is 7.26. The Kier molecular flexibility index (Phi) is 5.25. The summed E-state index contributed by atoms with van der Waals surface area (Å²) >= 11 is 0. The summed E-state index contributed by atoms with van der Waals surface area (Å²) in [5.74, 6) is 0.0200. The summed E-state index contributed by atoms with van der Waals surface area (Å²) in [7, 11) is 3.12. The lowest BCUT2D eigenvalue weighted by atomic mass is 10.1. The number of nitrogens with one attached hydrogen (secondary N) is 1. The van der Waals surface area contributed by atoms with E-state index in [2.05, 4.69) is 5.32 Å². The smallest absolute Gasteiger partial charge is 0.306 e. The van der Waals surface area contributed by atoms with Crippen molar-refractivity contribution in [2.45, 2.75) is 31.7 Å². The fourth-order valence-corrected chi connectivity index (χ4v) is 2.81. The Balaban J connectivity index is 1.96. The summed E-state index contributed by atoms with van der Waals surface area (Å²) < 4.78 is 10.4. The van der Waals surface area contributed by atoms with Gasteiger partial charge in [0.05, 0.1) is 26.6 Å². The van der Waals surface area contributed by atoms with Gasteiger partial charge in [-0.15, -0.1) is 0 Å². The predicted molar refractivity (Wildman–Crippen MR) is 80.2 cm³/mol. The summed E-state index contributed by atoms with van der Waals surface area (Å²) in [6, 6.07) is 5.24. The van der Waals surface area contributed by atoms with Gasteiger partial charge < -0.3 is 19.9 Å². The maximum absolute atomic E-state index is 12.2. The predicted octanol–water partition coefficient (Wildman–Crippen LogP) is 1.62. The fourth-order valence-electron chi connectivity index (χ4n) is 2.81. The van der Waals surface area contributed by atoms with E-state index in [9.17, 15) is 9.59 Å². The second-order valence-electron chi connectivity index (χ2n) is 5.47. The average Bonchev–Trinajstić information content (AvgIpc) is 2.95. The number of carboxylic acids is 1. The van der Waals surface area contributed by atoms with E-state index in [1.807, 2.05) is 0 Å². The van der Waals surface area contributed by atoms with Gasteiger partial charge in [0.15, 0.2) is 0 Å². The van der Waals surface area contributed by atoms with Crippen molar-refractivity contribution in [2.75, 3.05) is 14.2 Å². The maximum atomic E-state index is 12.2. The minimum atomic E-state index is -0.786. The molecule has 1 aromatic carbocycles. The van der Waals surface area contributed by atoms with Crippen LogP contribution in [-0.2, 0) is 16.0 Å². The molecule has 1 aliphatic rings. The molecule has 0 saturated heterocycles. The molecule has 1 aromatic rings. The highest BCUT2D eigenvalue weighted by atomic mass is 16.5. The number of carboxylic acid groups (broad SMARTS) is 1. The van der Waals surface area contributed by atoms with Gasteiger partial charge in [-0.2, -0.15) is 0 Å². The summed E-state index contributed by atoms with van der Waals surface area (Å²) in [6.07, 6.45) is 1.99. The molecule has 1 saturated carbocycles. The molecule has 120 valence electrons. The van der Waals surface area contributed by atoms with Crippen LogP contribution in [0.4, 0.5) is 0 Å². The Bertz CT molecular complexity index is 557. The van der Waals surface area contributed by atoms with Gasteiger partial charge in [-0.1, -0.05) is 0 Å². The van der Waals surface area contributed by atoms with Crippen molar-refractivity contribution in [3.05, 3.63) is 23.8 Å². The van der Waals surface area contributed by atoms with E-state index in [0.29, 0.717) is 30.8 Å². The number of methoxy groups -OCH3 is 2.